The molecule has 0 saturated carbocycles. The quantitative estimate of drug-likeness (QED) is 0.923. The van der Waals surface area contributed by atoms with Gasteiger partial charge < -0.3 is 14.6 Å². The van der Waals surface area contributed by atoms with Gasteiger partial charge in [0.05, 0.1) is 0 Å². The molecule has 3 rings (SSSR count). The molecule has 1 unspecified atom stereocenters. The molecule has 1 aliphatic heterocycles. The van der Waals surface area contributed by atoms with Crippen LogP contribution in [-0.2, 0) is 0 Å². The number of carbonyl (C=O) groups excluding carboxylic acids is 1. The lowest BCUT2D eigenvalue weighted by molar-refractivity contribution is 0.0713. The summed E-state index contributed by atoms with van der Waals surface area (Å²) in [5.41, 5.74) is 4.02. The van der Waals surface area contributed by atoms with Gasteiger partial charge in [0.1, 0.15) is 5.58 Å². The van der Waals surface area contributed by atoms with Gasteiger partial charge in [-0.2, -0.15) is 0 Å². The molecule has 0 bridgehead atoms. The number of rotatable bonds is 2. The molecule has 2 aromatic rings. The van der Waals surface area contributed by atoms with Gasteiger partial charge in [-0.15, -0.1) is 12.4 Å². The normalized spacial score (nSPS) is 17.5. The summed E-state index contributed by atoms with van der Waals surface area (Å²) in [6.07, 6.45) is 1.000. The zero-order chi connectivity index (χ0) is 15.1. The van der Waals surface area contributed by atoms with E-state index in [2.05, 4.69) is 18.3 Å². The van der Waals surface area contributed by atoms with E-state index in [4.69, 9.17) is 4.42 Å². The number of carbonyl (C=O) groups is 1. The lowest BCUT2D eigenvalue weighted by Crippen LogP contribution is -2.38. The molecule has 1 aliphatic rings. The number of amides is 1. The molecule has 4 nitrogen and oxygen atoms in total. The fraction of sp³-hybridized carbons (Fsp3) is 0.471. The van der Waals surface area contributed by atoms with Gasteiger partial charge in [-0.25, -0.2) is 0 Å². The van der Waals surface area contributed by atoms with Crippen molar-refractivity contribution in [3.8, 4) is 0 Å². The summed E-state index contributed by atoms with van der Waals surface area (Å²) in [7, 11) is 1.87. The van der Waals surface area contributed by atoms with E-state index in [1.807, 2.05) is 31.9 Å². The van der Waals surface area contributed by atoms with E-state index in [1.165, 1.54) is 0 Å². The second-order valence-electron chi connectivity index (χ2n) is 6.02. The van der Waals surface area contributed by atoms with E-state index >= 15 is 0 Å². The highest BCUT2D eigenvalue weighted by molar-refractivity contribution is 6.00. The molecule has 0 spiro atoms. The summed E-state index contributed by atoms with van der Waals surface area (Å²) in [5, 5.41) is 4.37. The molecular formula is C17H23ClN2O2. The fourth-order valence-corrected chi connectivity index (χ4v) is 3.18. The third kappa shape index (κ3) is 2.61. The Morgan fingerprint density at radius 1 is 1.27 bits per heavy atom. The van der Waals surface area contributed by atoms with Crippen molar-refractivity contribution in [3.05, 3.63) is 34.6 Å². The number of fused-ring (bicyclic) bond motifs is 1. The highest BCUT2D eigenvalue weighted by Crippen LogP contribution is 2.31. The molecule has 0 aliphatic carbocycles. The van der Waals surface area contributed by atoms with Gasteiger partial charge in [0.15, 0.2) is 5.76 Å². The fourth-order valence-electron chi connectivity index (χ4n) is 3.18. The maximum Gasteiger partial charge on any atom is 0.289 e. The Morgan fingerprint density at radius 3 is 2.55 bits per heavy atom. The van der Waals surface area contributed by atoms with Crippen LogP contribution in [0.1, 0.15) is 33.7 Å². The molecule has 1 saturated heterocycles. The van der Waals surface area contributed by atoms with Crippen LogP contribution < -0.4 is 5.32 Å². The summed E-state index contributed by atoms with van der Waals surface area (Å²) in [6, 6.07) is 4.38. The van der Waals surface area contributed by atoms with Crippen molar-refractivity contribution in [2.75, 3.05) is 20.1 Å². The number of halogens is 1. The summed E-state index contributed by atoms with van der Waals surface area (Å²) in [5.74, 6) is 0.466. The summed E-state index contributed by atoms with van der Waals surface area (Å²) >= 11 is 0. The molecule has 0 radical (unpaired) electrons. The number of benzene rings is 1. The summed E-state index contributed by atoms with van der Waals surface area (Å²) < 4.78 is 5.94. The van der Waals surface area contributed by atoms with Crippen molar-refractivity contribution < 1.29 is 9.21 Å². The molecule has 1 aromatic carbocycles. The molecule has 1 fully saturated rings. The Morgan fingerprint density at radius 2 is 1.95 bits per heavy atom. The van der Waals surface area contributed by atoms with Crippen molar-refractivity contribution in [2.45, 2.75) is 33.2 Å². The lowest BCUT2D eigenvalue weighted by atomic mass is 10.0. The van der Waals surface area contributed by atoms with Crippen LogP contribution >= 0.6 is 12.4 Å². The van der Waals surface area contributed by atoms with Crippen LogP contribution in [0, 0.1) is 20.8 Å². The molecule has 1 amide bonds. The Labute approximate surface area is 137 Å². The molecule has 2 heterocycles. The first kappa shape index (κ1) is 16.8. The van der Waals surface area contributed by atoms with Crippen LogP contribution in [0.5, 0.6) is 0 Å². The van der Waals surface area contributed by atoms with Crippen LogP contribution in [0.3, 0.4) is 0 Å². The molecule has 1 atom stereocenters. The van der Waals surface area contributed by atoms with Crippen molar-refractivity contribution in [1.29, 1.82) is 0 Å². The van der Waals surface area contributed by atoms with Gasteiger partial charge >= 0.3 is 0 Å². The second-order valence-corrected chi connectivity index (χ2v) is 6.02. The highest BCUT2D eigenvalue weighted by Gasteiger charge is 2.28. The first-order chi connectivity index (χ1) is 10.0. The van der Waals surface area contributed by atoms with Crippen LogP contribution in [0.2, 0.25) is 0 Å². The SMILES string of the molecule is Cc1ccc(C)c2c(C)c(C(=O)N(C)C3CCNC3)oc12.Cl. The maximum atomic E-state index is 12.7. The number of nitrogens with one attached hydrogen (secondary N) is 1. The molecule has 5 heteroatoms. The minimum absolute atomic E-state index is 0. The van der Waals surface area contributed by atoms with Gasteiger partial charge in [-0.05, 0) is 44.9 Å². The number of furan rings is 1. The monoisotopic (exact) mass is 322 g/mol. The van der Waals surface area contributed by atoms with E-state index in [0.29, 0.717) is 5.76 Å². The third-order valence-corrected chi connectivity index (χ3v) is 4.58. The molecule has 22 heavy (non-hydrogen) atoms. The number of nitrogens with zero attached hydrogens (tertiary/aromatic N) is 1. The number of aryl methyl sites for hydroxylation is 3. The topological polar surface area (TPSA) is 45.5 Å². The van der Waals surface area contributed by atoms with E-state index < -0.39 is 0 Å². The Balaban J connectivity index is 0.00000176. The highest BCUT2D eigenvalue weighted by atomic mass is 35.5. The Kier molecular flexibility index (Phi) is 4.83. The van der Waals surface area contributed by atoms with Crippen molar-refractivity contribution >= 4 is 29.3 Å². The van der Waals surface area contributed by atoms with E-state index in [0.717, 1.165) is 47.2 Å². The predicted octanol–water partition coefficient (Wildman–Crippen LogP) is 3.21. The van der Waals surface area contributed by atoms with Crippen molar-refractivity contribution in [3.63, 3.8) is 0 Å². The van der Waals surface area contributed by atoms with Crippen LogP contribution in [0.15, 0.2) is 16.5 Å². The van der Waals surface area contributed by atoms with Crippen LogP contribution in [-0.4, -0.2) is 37.0 Å². The number of hydrogen-bond donors (Lipinski definition) is 1. The first-order valence-electron chi connectivity index (χ1n) is 7.48. The smallest absolute Gasteiger partial charge is 0.289 e. The van der Waals surface area contributed by atoms with Gasteiger partial charge in [0.2, 0.25) is 0 Å². The molecular weight excluding hydrogens is 300 g/mol. The van der Waals surface area contributed by atoms with Crippen LogP contribution in [0.25, 0.3) is 11.0 Å². The maximum absolute atomic E-state index is 12.7. The Bertz CT molecular complexity index is 702. The predicted molar refractivity (Wildman–Crippen MR) is 91.0 cm³/mol. The van der Waals surface area contributed by atoms with Gasteiger partial charge in [-0.3, -0.25) is 4.79 Å². The average molecular weight is 323 g/mol. The summed E-state index contributed by atoms with van der Waals surface area (Å²) in [4.78, 5) is 14.6. The van der Waals surface area contributed by atoms with Gasteiger partial charge in [0.25, 0.3) is 5.91 Å². The molecule has 1 N–H and O–H groups in total. The minimum Gasteiger partial charge on any atom is -0.450 e. The first-order valence-corrected chi connectivity index (χ1v) is 7.48. The third-order valence-electron chi connectivity index (χ3n) is 4.58. The standard InChI is InChI=1S/C17H22N2O2.ClH/c1-10-5-6-11(2)15-14(10)12(3)16(21-15)17(20)19(4)13-7-8-18-9-13;/h5-6,13,18H,7-9H2,1-4H3;1H. The minimum atomic E-state index is -0.0174. The van der Waals surface area contributed by atoms with Crippen molar-refractivity contribution in [1.82, 2.24) is 10.2 Å². The van der Waals surface area contributed by atoms with E-state index in [9.17, 15) is 4.79 Å². The Hall–Kier alpha value is -1.52. The van der Waals surface area contributed by atoms with Gasteiger partial charge in [0, 0.05) is 30.6 Å². The summed E-state index contributed by atoms with van der Waals surface area (Å²) in [6.45, 7) is 7.89. The van der Waals surface area contributed by atoms with Gasteiger partial charge in [-0.1, -0.05) is 12.1 Å². The van der Waals surface area contributed by atoms with E-state index in [1.54, 1.807) is 0 Å². The zero-order valence-electron chi connectivity index (χ0n) is 13.5. The lowest BCUT2D eigenvalue weighted by Gasteiger charge is -2.22. The van der Waals surface area contributed by atoms with Crippen LogP contribution in [0.4, 0.5) is 0 Å². The molecule has 1 aromatic heterocycles. The average Bonchev–Trinajstić information content (AvgIpc) is 3.10. The number of likely N-dealkylation sites (N-methyl/N-ethyl adjacent to an activating group) is 1. The zero-order valence-corrected chi connectivity index (χ0v) is 14.3. The molecule has 120 valence electrons. The van der Waals surface area contributed by atoms with E-state index in [-0.39, 0.29) is 24.4 Å². The second kappa shape index (κ2) is 6.31. The largest absolute Gasteiger partial charge is 0.450 e. The van der Waals surface area contributed by atoms with Crippen molar-refractivity contribution in [2.24, 2.45) is 0 Å². The number of hydrogen-bond acceptors (Lipinski definition) is 3.